The first-order valence-corrected chi connectivity index (χ1v) is 16.4. The van der Waals surface area contributed by atoms with Crippen LogP contribution in [0.3, 0.4) is 0 Å². The van der Waals surface area contributed by atoms with Crippen molar-refractivity contribution < 1.29 is 14.1 Å². The molecule has 0 aliphatic heterocycles. The average Bonchev–Trinajstić information content (AvgIpc) is 2.74. The highest BCUT2D eigenvalue weighted by atomic mass is 35.7. The number of pyridine rings is 2. The Labute approximate surface area is 202 Å². The van der Waals surface area contributed by atoms with E-state index in [0.29, 0.717) is 23.9 Å². The number of carbonyl (C=O) groups excluding carboxylic acids is 1. The van der Waals surface area contributed by atoms with Crippen LogP contribution in [0.15, 0.2) is 52.6 Å². The smallest absolute Gasteiger partial charge is 0.313 e. The van der Waals surface area contributed by atoms with E-state index in [4.69, 9.17) is 21.7 Å². The van der Waals surface area contributed by atoms with Crippen LogP contribution in [0.2, 0.25) is 0 Å². The largest absolute Gasteiger partial charge is 0.407 e. The van der Waals surface area contributed by atoms with Crippen LogP contribution in [0.4, 0.5) is 0 Å². The predicted octanol–water partition coefficient (Wildman–Crippen LogP) is 4.44. The summed E-state index contributed by atoms with van der Waals surface area (Å²) in [7, 11) is 6.14. The average molecular weight is 540 g/mol. The quantitative estimate of drug-likeness (QED) is 0.128. The molecule has 0 saturated heterocycles. The first-order valence-electron chi connectivity index (χ1n) is 9.16. The standard InChI is InChI=1S/C17H23ClN5O3PS4/c18-27(25,21-10-12-28-30-15-5-1-2-9-20-15)22-11-13-29-31-16-6-3-4-14(23-16)26-17(24)7-8-19/h1-6,9H,7-8,10-13,19H2,(H2,21,22,25). The molecule has 0 aromatic carbocycles. The van der Waals surface area contributed by atoms with Gasteiger partial charge in [-0.1, -0.05) is 33.7 Å². The lowest BCUT2D eigenvalue weighted by Gasteiger charge is -2.13. The minimum absolute atomic E-state index is 0.147. The number of aromatic nitrogens is 2. The Morgan fingerprint density at radius 1 is 1.06 bits per heavy atom. The Hall–Kier alpha value is -0.430. The van der Waals surface area contributed by atoms with Crippen LogP contribution in [0.1, 0.15) is 6.42 Å². The molecule has 0 aliphatic carbocycles. The zero-order valence-electron chi connectivity index (χ0n) is 16.4. The van der Waals surface area contributed by atoms with Crippen molar-refractivity contribution in [2.45, 2.75) is 16.5 Å². The van der Waals surface area contributed by atoms with Crippen molar-refractivity contribution >= 4 is 67.2 Å². The van der Waals surface area contributed by atoms with Crippen molar-refractivity contribution in [3.8, 4) is 5.88 Å². The topological polar surface area (TPSA) is 119 Å². The molecule has 0 saturated carbocycles. The summed E-state index contributed by atoms with van der Waals surface area (Å²) in [5.41, 5.74) is 5.33. The molecule has 1 unspecified atom stereocenters. The molecule has 1 atom stereocenters. The van der Waals surface area contributed by atoms with Gasteiger partial charge in [-0.05, 0) is 51.0 Å². The van der Waals surface area contributed by atoms with Gasteiger partial charge < -0.3 is 10.5 Å². The van der Waals surface area contributed by atoms with E-state index in [-0.39, 0.29) is 18.8 Å². The van der Waals surface area contributed by atoms with Gasteiger partial charge in [0.15, 0.2) is 0 Å². The van der Waals surface area contributed by atoms with Crippen LogP contribution in [-0.4, -0.2) is 47.1 Å². The molecular formula is C17H23ClN5O3PS4. The van der Waals surface area contributed by atoms with Gasteiger partial charge >= 0.3 is 5.97 Å². The molecule has 2 heterocycles. The zero-order chi connectivity index (χ0) is 22.4. The van der Waals surface area contributed by atoms with E-state index in [1.807, 2.05) is 24.3 Å². The highest BCUT2D eigenvalue weighted by molar-refractivity contribution is 8.77. The highest BCUT2D eigenvalue weighted by Gasteiger charge is 2.16. The van der Waals surface area contributed by atoms with Crippen molar-refractivity contribution in [3.63, 3.8) is 0 Å². The maximum atomic E-state index is 12.3. The van der Waals surface area contributed by atoms with Gasteiger partial charge in [0, 0.05) is 43.4 Å². The number of carbonyl (C=O) groups is 1. The Kier molecular flexibility index (Phi) is 13.3. The molecule has 0 amide bonds. The van der Waals surface area contributed by atoms with Crippen LogP contribution in [0, 0.1) is 0 Å². The maximum Gasteiger partial charge on any atom is 0.313 e. The number of halogens is 1. The first-order chi connectivity index (χ1) is 15.0. The summed E-state index contributed by atoms with van der Waals surface area (Å²) in [4.78, 5) is 20.0. The normalized spacial score (nSPS) is 13.0. The van der Waals surface area contributed by atoms with E-state index < -0.39 is 12.8 Å². The van der Waals surface area contributed by atoms with E-state index in [2.05, 4.69) is 20.1 Å². The number of nitrogens with two attached hydrogens (primary N) is 1. The molecule has 2 rings (SSSR count). The molecule has 14 heteroatoms. The monoisotopic (exact) mass is 539 g/mol. The van der Waals surface area contributed by atoms with Crippen LogP contribution < -0.4 is 20.6 Å². The van der Waals surface area contributed by atoms with Gasteiger partial charge in [0.25, 0.3) is 6.80 Å². The van der Waals surface area contributed by atoms with E-state index in [0.717, 1.165) is 10.8 Å². The Morgan fingerprint density at radius 2 is 1.74 bits per heavy atom. The number of hydrogen-bond donors (Lipinski definition) is 3. The summed E-state index contributed by atoms with van der Waals surface area (Å²) in [6.07, 6.45) is 1.90. The van der Waals surface area contributed by atoms with Crippen molar-refractivity contribution in [3.05, 3.63) is 42.6 Å². The van der Waals surface area contributed by atoms with E-state index in [1.165, 1.54) is 21.6 Å². The summed E-state index contributed by atoms with van der Waals surface area (Å²) in [5, 5.41) is 7.35. The van der Waals surface area contributed by atoms with Gasteiger partial charge in [-0.15, -0.1) is 0 Å². The van der Waals surface area contributed by atoms with Gasteiger partial charge in [-0.2, -0.15) is 0 Å². The third kappa shape index (κ3) is 12.4. The SMILES string of the molecule is NCCC(=O)Oc1cccc(SSCCNP(=O)(Cl)NCCSSc2ccccn2)n1. The molecule has 2 aromatic heterocycles. The Morgan fingerprint density at radius 3 is 2.39 bits per heavy atom. The molecule has 170 valence electrons. The fraction of sp³-hybridized carbons (Fsp3) is 0.353. The molecule has 31 heavy (non-hydrogen) atoms. The number of hydrogen-bond acceptors (Lipinski definition) is 10. The lowest BCUT2D eigenvalue weighted by atomic mass is 10.4. The summed E-state index contributed by atoms with van der Waals surface area (Å²) < 4.78 is 17.4. The van der Waals surface area contributed by atoms with E-state index in [1.54, 1.807) is 39.9 Å². The third-order valence-corrected chi connectivity index (χ3v) is 9.69. The highest BCUT2D eigenvalue weighted by Crippen LogP contribution is 2.42. The third-order valence-electron chi connectivity index (χ3n) is 3.19. The van der Waals surface area contributed by atoms with E-state index in [9.17, 15) is 9.36 Å². The number of nitrogens with zero attached hydrogens (tertiary/aromatic N) is 2. The van der Waals surface area contributed by atoms with Gasteiger partial charge in [0.2, 0.25) is 5.88 Å². The first kappa shape index (κ1) is 26.8. The van der Waals surface area contributed by atoms with Crippen LogP contribution in [0.25, 0.3) is 0 Å². The number of nitrogens with one attached hydrogen (secondary N) is 2. The number of rotatable bonds is 15. The van der Waals surface area contributed by atoms with E-state index >= 15 is 0 Å². The molecule has 0 spiro atoms. The van der Waals surface area contributed by atoms with Crippen molar-refractivity contribution in [1.82, 2.24) is 20.1 Å². The Balaban J connectivity index is 1.56. The molecule has 0 radical (unpaired) electrons. The lowest BCUT2D eigenvalue weighted by Crippen LogP contribution is -2.22. The molecule has 2 aromatic rings. The molecule has 0 fully saturated rings. The van der Waals surface area contributed by atoms with Gasteiger partial charge in [-0.3, -0.25) is 9.36 Å². The predicted molar refractivity (Wildman–Crippen MR) is 134 cm³/mol. The number of ether oxygens (including phenoxy) is 1. The van der Waals surface area contributed by atoms with Crippen LogP contribution in [0.5, 0.6) is 5.88 Å². The minimum atomic E-state index is -3.12. The molecule has 8 nitrogen and oxygen atoms in total. The fourth-order valence-corrected chi connectivity index (χ4v) is 7.20. The summed E-state index contributed by atoms with van der Waals surface area (Å²) in [6, 6.07) is 11.0. The summed E-state index contributed by atoms with van der Waals surface area (Å²) in [5.74, 6) is 1.23. The van der Waals surface area contributed by atoms with Crippen LogP contribution in [-0.2, 0) is 9.36 Å². The van der Waals surface area contributed by atoms with Crippen LogP contribution >= 0.6 is 61.2 Å². The molecule has 0 aliphatic rings. The maximum absolute atomic E-state index is 12.3. The minimum Gasteiger partial charge on any atom is -0.407 e. The zero-order valence-corrected chi connectivity index (χ0v) is 21.4. The fourth-order valence-electron chi connectivity index (χ4n) is 1.90. The summed E-state index contributed by atoms with van der Waals surface area (Å²) >= 11 is 6.04. The second-order valence-corrected chi connectivity index (χ2v) is 13.7. The van der Waals surface area contributed by atoms with Gasteiger partial charge in [0.1, 0.15) is 10.1 Å². The van der Waals surface area contributed by atoms with Crippen molar-refractivity contribution in [1.29, 1.82) is 0 Å². The second kappa shape index (κ2) is 15.4. The lowest BCUT2D eigenvalue weighted by molar-refractivity contribution is -0.134. The molecule has 4 N–H and O–H groups in total. The Bertz CT molecular complexity index is 856. The van der Waals surface area contributed by atoms with Gasteiger partial charge in [0.05, 0.1) is 6.42 Å². The second-order valence-electron chi connectivity index (χ2n) is 5.65. The number of esters is 1. The molecular weight excluding hydrogens is 517 g/mol. The van der Waals surface area contributed by atoms with Crippen molar-refractivity contribution in [2.24, 2.45) is 5.73 Å². The summed E-state index contributed by atoms with van der Waals surface area (Å²) in [6.45, 7) is -1.91. The van der Waals surface area contributed by atoms with Crippen molar-refractivity contribution in [2.75, 3.05) is 31.1 Å². The van der Waals surface area contributed by atoms with Gasteiger partial charge in [-0.25, -0.2) is 20.1 Å². The molecule has 0 bridgehead atoms.